The quantitative estimate of drug-likeness (QED) is 0.802. The highest BCUT2D eigenvalue weighted by atomic mass is 16.5. The van der Waals surface area contributed by atoms with Crippen LogP contribution in [0.1, 0.15) is 37.0 Å². The van der Waals surface area contributed by atoms with Crippen LogP contribution in [0, 0.1) is 5.92 Å². The van der Waals surface area contributed by atoms with E-state index in [1.165, 1.54) is 21.3 Å². The van der Waals surface area contributed by atoms with Crippen LogP contribution in [0.3, 0.4) is 0 Å². The van der Waals surface area contributed by atoms with Crippen molar-refractivity contribution in [2.45, 2.75) is 32.7 Å². The van der Waals surface area contributed by atoms with Crippen molar-refractivity contribution in [3.8, 4) is 17.2 Å². The normalized spacial score (nSPS) is 14.9. The van der Waals surface area contributed by atoms with E-state index in [0.29, 0.717) is 22.8 Å². The van der Waals surface area contributed by atoms with Gasteiger partial charge in [0.15, 0.2) is 11.5 Å². The lowest BCUT2D eigenvalue weighted by molar-refractivity contribution is -0.133. The van der Waals surface area contributed by atoms with Crippen molar-refractivity contribution in [2.75, 3.05) is 34.4 Å². The molecule has 1 fully saturated rings. The molecule has 1 aliphatic heterocycles. The number of nitrogens with zero attached hydrogens (tertiary/aromatic N) is 1. The van der Waals surface area contributed by atoms with Crippen LogP contribution < -0.4 is 19.5 Å². The molecule has 0 radical (unpaired) electrons. The third kappa shape index (κ3) is 4.20. The number of carbonyl (C=O) groups excluding carboxylic acids is 2. The average Bonchev–Trinajstić information content (AvgIpc) is 3.18. The van der Waals surface area contributed by atoms with Crippen LogP contribution in [0.15, 0.2) is 12.1 Å². The van der Waals surface area contributed by atoms with E-state index in [-0.39, 0.29) is 17.7 Å². The fraction of sp³-hybridized carbons (Fsp3) is 0.579. The molecule has 0 unspecified atom stereocenters. The summed E-state index contributed by atoms with van der Waals surface area (Å²) >= 11 is 0. The van der Waals surface area contributed by atoms with Gasteiger partial charge in [-0.05, 0) is 30.9 Å². The molecule has 1 aliphatic rings. The van der Waals surface area contributed by atoms with E-state index in [4.69, 9.17) is 14.2 Å². The number of hydrogen-bond donors (Lipinski definition) is 1. The van der Waals surface area contributed by atoms with E-state index in [1.807, 2.05) is 18.7 Å². The number of ether oxygens (including phenoxy) is 3. The lowest BCUT2D eigenvalue weighted by Crippen LogP contribution is -2.50. The van der Waals surface area contributed by atoms with Gasteiger partial charge in [0.2, 0.25) is 11.7 Å². The van der Waals surface area contributed by atoms with Crippen molar-refractivity contribution in [3.63, 3.8) is 0 Å². The van der Waals surface area contributed by atoms with E-state index >= 15 is 0 Å². The minimum atomic E-state index is -0.570. The SMILES string of the molecule is COc1cc(C(=O)N[C@@H](C(=O)N2CCCC2)C(C)C)cc(OC)c1OC. The van der Waals surface area contributed by atoms with Crippen LogP contribution >= 0.6 is 0 Å². The predicted molar refractivity (Wildman–Crippen MR) is 98.0 cm³/mol. The zero-order valence-electron chi connectivity index (χ0n) is 16.1. The third-order valence-corrected chi connectivity index (χ3v) is 4.56. The van der Waals surface area contributed by atoms with E-state index in [9.17, 15) is 9.59 Å². The molecule has 0 spiro atoms. The Hall–Kier alpha value is -2.44. The van der Waals surface area contributed by atoms with Crippen molar-refractivity contribution in [1.29, 1.82) is 0 Å². The first kappa shape index (κ1) is 19.9. The van der Waals surface area contributed by atoms with Crippen molar-refractivity contribution >= 4 is 11.8 Å². The lowest BCUT2D eigenvalue weighted by Gasteiger charge is -2.26. The standard InChI is InChI=1S/C19H28N2O5/c1-12(2)16(19(23)21-8-6-7-9-21)20-18(22)13-10-14(24-3)17(26-5)15(11-13)25-4/h10-12,16H,6-9H2,1-5H3,(H,20,22)/t16-/m1/s1. The Bertz CT molecular complexity index is 628. The van der Waals surface area contributed by atoms with E-state index < -0.39 is 6.04 Å². The number of nitrogens with one attached hydrogen (secondary N) is 1. The van der Waals surface area contributed by atoms with Gasteiger partial charge in [-0.1, -0.05) is 13.8 Å². The van der Waals surface area contributed by atoms with Gasteiger partial charge < -0.3 is 24.4 Å². The first-order valence-corrected chi connectivity index (χ1v) is 8.82. The Kier molecular flexibility index (Phi) is 6.71. The molecule has 1 saturated heterocycles. The van der Waals surface area contributed by atoms with Crippen LogP contribution in [0.25, 0.3) is 0 Å². The smallest absolute Gasteiger partial charge is 0.252 e. The van der Waals surface area contributed by atoms with Crippen molar-refractivity contribution in [3.05, 3.63) is 17.7 Å². The topological polar surface area (TPSA) is 77.1 Å². The van der Waals surface area contributed by atoms with Gasteiger partial charge in [0.1, 0.15) is 6.04 Å². The van der Waals surface area contributed by atoms with E-state index in [1.54, 1.807) is 12.1 Å². The monoisotopic (exact) mass is 364 g/mol. The molecule has 1 N–H and O–H groups in total. The Balaban J connectivity index is 2.24. The molecule has 144 valence electrons. The number of carbonyl (C=O) groups is 2. The van der Waals surface area contributed by atoms with Crippen LogP contribution in [0.5, 0.6) is 17.2 Å². The highest BCUT2D eigenvalue weighted by molar-refractivity contribution is 5.98. The molecule has 2 rings (SSSR count). The number of likely N-dealkylation sites (tertiary alicyclic amines) is 1. The summed E-state index contributed by atoms with van der Waals surface area (Å²) in [7, 11) is 4.49. The maximum Gasteiger partial charge on any atom is 0.252 e. The largest absolute Gasteiger partial charge is 0.493 e. The molecule has 2 amide bonds. The summed E-state index contributed by atoms with van der Waals surface area (Å²) in [6, 6.07) is 2.59. The molecule has 1 aromatic rings. The number of hydrogen-bond acceptors (Lipinski definition) is 5. The Morgan fingerprint density at radius 1 is 1.00 bits per heavy atom. The van der Waals surface area contributed by atoms with Crippen LogP contribution in [-0.4, -0.2) is 57.2 Å². The highest BCUT2D eigenvalue weighted by Crippen LogP contribution is 2.38. The first-order chi connectivity index (χ1) is 12.4. The summed E-state index contributed by atoms with van der Waals surface area (Å²) in [6.07, 6.45) is 2.02. The molecule has 0 bridgehead atoms. The minimum absolute atomic E-state index is 0.0194. The maximum absolute atomic E-state index is 12.8. The number of rotatable bonds is 7. The van der Waals surface area contributed by atoms with Crippen molar-refractivity contribution in [1.82, 2.24) is 10.2 Å². The summed E-state index contributed by atoms with van der Waals surface area (Å²) in [5.41, 5.74) is 0.347. The molecule has 7 heteroatoms. The molecule has 1 heterocycles. The Morgan fingerprint density at radius 3 is 1.96 bits per heavy atom. The number of amides is 2. The Morgan fingerprint density at radius 2 is 1.54 bits per heavy atom. The van der Waals surface area contributed by atoms with Gasteiger partial charge in [0.05, 0.1) is 21.3 Å². The number of benzene rings is 1. The fourth-order valence-electron chi connectivity index (χ4n) is 3.08. The summed E-state index contributed by atoms with van der Waals surface area (Å²) < 4.78 is 15.9. The second kappa shape index (κ2) is 8.78. The van der Waals surface area contributed by atoms with Gasteiger partial charge in [-0.3, -0.25) is 9.59 Å². The van der Waals surface area contributed by atoms with E-state index in [2.05, 4.69) is 5.32 Å². The molecular weight excluding hydrogens is 336 g/mol. The van der Waals surface area contributed by atoms with Gasteiger partial charge in [-0.15, -0.1) is 0 Å². The van der Waals surface area contributed by atoms with Crippen molar-refractivity contribution < 1.29 is 23.8 Å². The third-order valence-electron chi connectivity index (χ3n) is 4.56. The van der Waals surface area contributed by atoms with Gasteiger partial charge in [0, 0.05) is 18.7 Å². The molecular formula is C19H28N2O5. The van der Waals surface area contributed by atoms with Crippen LogP contribution in [0.2, 0.25) is 0 Å². The molecule has 0 aliphatic carbocycles. The molecule has 26 heavy (non-hydrogen) atoms. The minimum Gasteiger partial charge on any atom is -0.493 e. The van der Waals surface area contributed by atoms with Crippen LogP contribution in [0.4, 0.5) is 0 Å². The Labute approximate surface area is 154 Å². The zero-order valence-corrected chi connectivity index (χ0v) is 16.1. The highest BCUT2D eigenvalue weighted by Gasteiger charge is 2.30. The summed E-state index contributed by atoms with van der Waals surface area (Å²) in [4.78, 5) is 27.3. The number of methoxy groups -OCH3 is 3. The molecule has 1 aromatic carbocycles. The molecule has 7 nitrogen and oxygen atoms in total. The van der Waals surface area contributed by atoms with Gasteiger partial charge in [-0.25, -0.2) is 0 Å². The molecule has 1 atom stereocenters. The fourth-order valence-corrected chi connectivity index (χ4v) is 3.08. The van der Waals surface area contributed by atoms with Gasteiger partial charge >= 0.3 is 0 Å². The van der Waals surface area contributed by atoms with Gasteiger partial charge in [-0.2, -0.15) is 0 Å². The summed E-state index contributed by atoms with van der Waals surface area (Å²) in [5.74, 6) is 0.802. The summed E-state index contributed by atoms with van der Waals surface area (Å²) in [6.45, 7) is 5.35. The van der Waals surface area contributed by atoms with E-state index in [0.717, 1.165) is 25.9 Å². The molecule has 0 saturated carbocycles. The maximum atomic E-state index is 12.8. The average molecular weight is 364 g/mol. The lowest BCUT2D eigenvalue weighted by atomic mass is 10.0. The molecule has 0 aromatic heterocycles. The second-order valence-corrected chi connectivity index (χ2v) is 6.64. The second-order valence-electron chi connectivity index (χ2n) is 6.64. The van der Waals surface area contributed by atoms with Gasteiger partial charge in [0.25, 0.3) is 5.91 Å². The zero-order chi connectivity index (χ0) is 19.3. The summed E-state index contributed by atoms with van der Waals surface area (Å²) in [5, 5.41) is 2.87. The first-order valence-electron chi connectivity index (χ1n) is 8.82. The predicted octanol–water partition coefficient (Wildman–Crippen LogP) is 2.09. The van der Waals surface area contributed by atoms with Crippen molar-refractivity contribution in [2.24, 2.45) is 5.92 Å². The van der Waals surface area contributed by atoms with Crippen LogP contribution in [-0.2, 0) is 4.79 Å².